The van der Waals surface area contributed by atoms with E-state index in [1.165, 1.54) is 11.1 Å². The second kappa shape index (κ2) is 6.40. The zero-order chi connectivity index (χ0) is 16.5. The maximum absolute atomic E-state index is 12.7. The number of nitrogens with zero attached hydrogens (tertiary/aromatic N) is 2. The molecule has 1 amide bonds. The first-order valence-corrected chi connectivity index (χ1v) is 8.92. The van der Waals surface area contributed by atoms with Crippen molar-refractivity contribution in [2.75, 3.05) is 18.0 Å². The molecule has 3 heteroatoms. The van der Waals surface area contributed by atoms with Crippen molar-refractivity contribution in [2.24, 2.45) is 0 Å². The summed E-state index contributed by atoms with van der Waals surface area (Å²) in [6.45, 7) is 5.15. The Balaban J connectivity index is 1.44. The molecule has 1 unspecified atom stereocenters. The molecule has 0 bridgehead atoms. The lowest BCUT2D eigenvalue weighted by Crippen LogP contribution is -2.46. The normalized spacial score (nSPS) is 22.0. The van der Waals surface area contributed by atoms with Gasteiger partial charge < -0.3 is 4.90 Å². The molecule has 0 radical (unpaired) electrons. The van der Waals surface area contributed by atoms with Crippen LogP contribution in [0.3, 0.4) is 0 Å². The Labute approximate surface area is 143 Å². The highest BCUT2D eigenvalue weighted by Gasteiger charge is 2.38. The minimum Gasteiger partial charge on any atom is -0.308 e. The van der Waals surface area contributed by atoms with Gasteiger partial charge in [-0.3, -0.25) is 9.69 Å². The molecule has 124 valence electrons. The van der Waals surface area contributed by atoms with Crippen molar-refractivity contribution < 1.29 is 4.79 Å². The Hall–Kier alpha value is -2.13. The van der Waals surface area contributed by atoms with Crippen molar-refractivity contribution in [3.05, 3.63) is 65.7 Å². The summed E-state index contributed by atoms with van der Waals surface area (Å²) in [7, 11) is 0. The quantitative estimate of drug-likeness (QED) is 0.859. The number of rotatable bonds is 3. The first-order valence-electron chi connectivity index (χ1n) is 8.92. The van der Waals surface area contributed by atoms with E-state index < -0.39 is 0 Å². The average molecular weight is 320 g/mol. The lowest BCUT2D eigenvalue weighted by atomic mass is 10.0. The molecule has 4 rings (SSSR count). The van der Waals surface area contributed by atoms with E-state index in [1.807, 2.05) is 19.1 Å². The van der Waals surface area contributed by atoms with Gasteiger partial charge in [0.2, 0.25) is 5.91 Å². The van der Waals surface area contributed by atoms with Crippen molar-refractivity contribution >= 4 is 11.6 Å². The van der Waals surface area contributed by atoms with Gasteiger partial charge in [0.25, 0.3) is 0 Å². The van der Waals surface area contributed by atoms with Gasteiger partial charge in [0, 0.05) is 31.4 Å². The molecule has 0 N–H and O–H groups in total. The van der Waals surface area contributed by atoms with E-state index in [-0.39, 0.29) is 11.8 Å². The summed E-state index contributed by atoms with van der Waals surface area (Å²) >= 11 is 0. The van der Waals surface area contributed by atoms with Crippen molar-refractivity contribution in [3.63, 3.8) is 0 Å². The van der Waals surface area contributed by atoms with Crippen LogP contribution in [0, 0.1) is 0 Å². The van der Waals surface area contributed by atoms with E-state index in [1.54, 1.807) is 0 Å². The first-order chi connectivity index (χ1) is 11.7. The maximum Gasteiger partial charge on any atom is 0.234 e. The SMILES string of the molecule is CC1C(=O)N(C2CCN(Cc3ccccc3)CC2)c2ccccc21. The predicted molar refractivity (Wildman–Crippen MR) is 97.1 cm³/mol. The van der Waals surface area contributed by atoms with E-state index in [2.05, 4.69) is 52.3 Å². The van der Waals surface area contributed by atoms with Crippen LogP contribution < -0.4 is 4.90 Å². The molecule has 1 atom stereocenters. The summed E-state index contributed by atoms with van der Waals surface area (Å²) in [5.74, 6) is 0.279. The Bertz CT molecular complexity index is 720. The zero-order valence-electron chi connectivity index (χ0n) is 14.2. The van der Waals surface area contributed by atoms with Crippen LogP contribution in [0.1, 0.15) is 36.8 Å². The lowest BCUT2D eigenvalue weighted by Gasteiger charge is -2.37. The van der Waals surface area contributed by atoms with Crippen LogP contribution in [0.4, 0.5) is 5.69 Å². The maximum atomic E-state index is 12.7. The molecule has 0 aromatic heterocycles. The molecule has 24 heavy (non-hydrogen) atoms. The fraction of sp³-hybridized carbons (Fsp3) is 0.381. The number of benzene rings is 2. The second-order valence-corrected chi connectivity index (χ2v) is 6.98. The fourth-order valence-electron chi connectivity index (χ4n) is 4.09. The largest absolute Gasteiger partial charge is 0.308 e. The number of hydrogen-bond acceptors (Lipinski definition) is 2. The molecular formula is C21H24N2O. The molecule has 2 aromatic carbocycles. The Kier molecular flexibility index (Phi) is 4.11. The standard InChI is InChI=1S/C21H24N2O/c1-16-19-9-5-6-10-20(19)23(21(16)24)18-11-13-22(14-12-18)15-17-7-3-2-4-8-17/h2-10,16,18H,11-15H2,1H3. The van der Waals surface area contributed by atoms with Gasteiger partial charge in [-0.25, -0.2) is 0 Å². The van der Waals surface area contributed by atoms with Crippen LogP contribution in [0.25, 0.3) is 0 Å². The van der Waals surface area contributed by atoms with E-state index in [9.17, 15) is 4.79 Å². The Morgan fingerprint density at radius 2 is 1.62 bits per heavy atom. The Morgan fingerprint density at radius 3 is 2.38 bits per heavy atom. The van der Waals surface area contributed by atoms with Crippen LogP contribution >= 0.6 is 0 Å². The zero-order valence-corrected chi connectivity index (χ0v) is 14.2. The van der Waals surface area contributed by atoms with E-state index >= 15 is 0 Å². The Morgan fingerprint density at radius 1 is 0.958 bits per heavy atom. The number of carbonyl (C=O) groups excluding carboxylic acids is 1. The minimum absolute atomic E-state index is 0.00329. The van der Waals surface area contributed by atoms with Crippen LogP contribution in [0.15, 0.2) is 54.6 Å². The number of likely N-dealkylation sites (tertiary alicyclic amines) is 1. The molecule has 2 heterocycles. The van der Waals surface area contributed by atoms with Gasteiger partial charge in [-0.1, -0.05) is 48.5 Å². The molecule has 2 aromatic rings. The average Bonchev–Trinajstić information content (AvgIpc) is 2.88. The van der Waals surface area contributed by atoms with Crippen LogP contribution in [0.5, 0.6) is 0 Å². The van der Waals surface area contributed by atoms with Crippen LogP contribution in [-0.4, -0.2) is 29.9 Å². The summed E-state index contributed by atoms with van der Waals surface area (Å²) in [5.41, 5.74) is 3.69. The highest BCUT2D eigenvalue weighted by Crippen LogP contribution is 2.39. The van der Waals surface area contributed by atoms with E-state index in [0.29, 0.717) is 6.04 Å². The van der Waals surface area contributed by atoms with Gasteiger partial charge in [0.15, 0.2) is 0 Å². The number of para-hydroxylation sites is 1. The third-order valence-electron chi connectivity index (χ3n) is 5.44. The number of fused-ring (bicyclic) bond motifs is 1. The summed E-state index contributed by atoms with van der Waals surface area (Å²) < 4.78 is 0. The summed E-state index contributed by atoms with van der Waals surface area (Å²) in [5, 5.41) is 0. The fourth-order valence-corrected chi connectivity index (χ4v) is 4.09. The molecule has 0 spiro atoms. The number of carbonyl (C=O) groups is 1. The van der Waals surface area contributed by atoms with Gasteiger partial charge in [0.1, 0.15) is 0 Å². The van der Waals surface area contributed by atoms with Crippen molar-refractivity contribution in [2.45, 2.75) is 38.3 Å². The summed E-state index contributed by atoms with van der Waals surface area (Å²) in [6, 6.07) is 19.3. The molecule has 0 aliphatic carbocycles. The predicted octanol–water partition coefficient (Wildman–Crippen LogP) is 3.80. The smallest absolute Gasteiger partial charge is 0.234 e. The monoisotopic (exact) mass is 320 g/mol. The topological polar surface area (TPSA) is 23.6 Å². The molecular weight excluding hydrogens is 296 g/mol. The van der Waals surface area contributed by atoms with Crippen molar-refractivity contribution in [1.82, 2.24) is 4.90 Å². The van der Waals surface area contributed by atoms with E-state index in [4.69, 9.17) is 0 Å². The van der Waals surface area contributed by atoms with Crippen LogP contribution in [-0.2, 0) is 11.3 Å². The van der Waals surface area contributed by atoms with Gasteiger partial charge in [-0.2, -0.15) is 0 Å². The molecule has 2 aliphatic rings. The lowest BCUT2D eigenvalue weighted by molar-refractivity contribution is -0.119. The number of piperidine rings is 1. The highest BCUT2D eigenvalue weighted by molar-refractivity contribution is 6.05. The second-order valence-electron chi connectivity index (χ2n) is 6.98. The molecule has 1 fully saturated rings. The first kappa shape index (κ1) is 15.4. The number of hydrogen-bond donors (Lipinski definition) is 0. The van der Waals surface area contributed by atoms with Gasteiger partial charge in [0.05, 0.1) is 5.92 Å². The van der Waals surface area contributed by atoms with E-state index in [0.717, 1.165) is 38.2 Å². The molecule has 0 saturated carbocycles. The van der Waals surface area contributed by atoms with Gasteiger partial charge >= 0.3 is 0 Å². The molecule has 3 nitrogen and oxygen atoms in total. The van der Waals surface area contributed by atoms with Crippen molar-refractivity contribution in [1.29, 1.82) is 0 Å². The third-order valence-corrected chi connectivity index (χ3v) is 5.44. The minimum atomic E-state index is 0.00329. The van der Waals surface area contributed by atoms with Gasteiger partial charge in [-0.05, 0) is 37.0 Å². The third kappa shape index (κ3) is 2.73. The summed E-state index contributed by atoms with van der Waals surface area (Å²) in [6.07, 6.45) is 2.11. The number of anilines is 1. The highest BCUT2D eigenvalue weighted by atomic mass is 16.2. The van der Waals surface area contributed by atoms with Crippen LogP contribution in [0.2, 0.25) is 0 Å². The molecule has 1 saturated heterocycles. The van der Waals surface area contributed by atoms with Gasteiger partial charge in [-0.15, -0.1) is 0 Å². The molecule has 2 aliphatic heterocycles. The summed E-state index contributed by atoms with van der Waals surface area (Å²) in [4.78, 5) is 17.3. The number of amides is 1. The van der Waals surface area contributed by atoms with Crippen molar-refractivity contribution in [3.8, 4) is 0 Å².